The third kappa shape index (κ3) is 2.98. The van der Waals surface area contributed by atoms with E-state index in [-0.39, 0.29) is 23.2 Å². The number of benzene rings is 2. The summed E-state index contributed by atoms with van der Waals surface area (Å²) < 4.78 is 19.6. The van der Waals surface area contributed by atoms with E-state index in [1.54, 1.807) is 12.1 Å². The third-order valence-electron chi connectivity index (χ3n) is 5.68. The summed E-state index contributed by atoms with van der Waals surface area (Å²) >= 11 is 0. The van der Waals surface area contributed by atoms with Crippen molar-refractivity contribution >= 4 is 5.91 Å². The summed E-state index contributed by atoms with van der Waals surface area (Å²) in [6, 6.07) is 15.1. The lowest BCUT2D eigenvalue weighted by atomic mass is 9.87. The van der Waals surface area contributed by atoms with Gasteiger partial charge in [-0.05, 0) is 56.4 Å². The summed E-state index contributed by atoms with van der Waals surface area (Å²) in [5.41, 5.74) is 2.03. The van der Waals surface area contributed by atoms with E-state index in [9.17, 15) is 9.18 Å². The number of nitrogens with zero attached hydrogens (tertiary/aromatic N) is 1. The van der Waals surface area contributed by atoms with Crippen molar-refractivity contribution in [3.05, 3.63) is 65.5 Å². The fourth-order valence-electron chi connectivity index (χ4n) is 4.24. The first-order chi connectivity index (χ1) is 12.5. The predicted octanol–water partition coefficient (Wildman–Crippen LogP) is 4.42. The molecule has 26 heavy (non-hydrogen) atoms. The number of rotatable bonds is 4. The van der Waals surface area contributed by atoms with Crippen LogP contribution in [-0.2, 0) is 5.41 Å². The number of amides is 1. The molecule has 4 rings (SSSR count). The molecule has 1 amide bonds. The van der Waals surface area contributed by atoms with Gasteiger partial charge in [-0.3, -0.25) is 4.79 Å². The van der Waals surface area contributed by atoms with Gasteiger partial charge in [-0.15, -0.1) is 0 Å². The summed E-state index contributed by atoms with van der Waals surface area (Å²) in [6.07, 6.45) is 2.01. The predicted molar refractivity (Wildman–Crippen MR) is 98.9 cm³/mol. The molecule has 0 bridgehead atoms. The van der Waals surface area contributed by atoms with Gasteiger partial charge in [-0.2, -0.15) is 0 Å². The van der Waals surface area contributed by atoms with E-state index in [1.807, 2.05) is 24.8 Å². The quantitative estimate of drug-likeness (QED) is 0.814. The molecule has 0 aromatic heterocycles. The van der Waals surface area contributed by atoms with E-state index >= 15 is 0 Å². The SMILES string of the molecule is CC(C)Oc1ccc(C(=O)N2CCC3(c4ccccc4)CC3C2)cc1F. The Labute approximate surface area is 153 Å². The molecule has 2 aliphatic rings. The maximum absolute atomic E-state index is 14.2. The number of ether oxygens (including phenoxy) is 1. The summed E-state index contributed by atoms with van der Waals surface area (Å²) in [6.45, 7) is 5.16. The molecule has 1 heterocycles. The molecule has 2 aromatic carbocycles. The van der Waals surface area contributed by atoms with E-state index in [4.69, 9.17) is 4.74 Å². The van der Waals surface area contributed by atoms with Crippen LogP contribution in [0.2, 0.25) is 0 Å². The van der Waals surface area contributed by atoms with Gasteiger partial charge in [0, 0.05) is 24.1 Å². The number of likely N-dealkylation sites (tertiary alicyclic amines) is 1. The average Bonchev–Trinajstić information content (AvgIpc) is 3.38. The Bertz CT molecular complexity index is 820. The molecule has 136 valence electrons. The molecule has 2 atom stereocenters. The summed E-state index contributed by atoms with van der Waals surface area (Å²) in [7, 11) is 0. The molecule has 4 heteroatoms. The minimum absolute atomic E-state index is 0.0893. The highest BCUT2D eigenvalue weighted by atomic mass is 19.1. The minimum atomic E-state index is -0.480. The maximum atomic E-state index is 14.2. The van der Waals surface area contributed by atoms with Crippen LogP contribution >= 0.6 is 0 Å². The van der Waals surface area contributed by atoms with Crippen molar-refractivity contribution in [1.29, 1.82) is 0 Å². The first kappa shape index (κ1) is 17.1. The molecule has 2 unspecified atom stereocenters. The Morgan fingerprint density at radius 2 is 2.00 bits per heavy atom. The molecular formula is C22H24FNO2. The van der Waals surface area contributed by atoms with E-state index in [0.29, 0.717) is 11.5 Å². The Balaban J connectivity index is 1.45. The molecule has 0 spiro atoms. The van der Waals surface area contributed by atoms with Gasteiger partial charge in [-0.25, -0.2) is 4.39 Å². The minimum Gasteiger partial charge on any atom is -0.488 e. The van der Waals surface area contributed by atoms with E-state index in [1.165, 1.54) is 11.6 Å². The smallest absolute Gasteiger partial charge is 0.253 e. The number of hydrogen-bond donors (Lipinski definition) is 0. The molecule has 1 saturated carbocycles. The van der Waals surface area contributed by atoms with Crippen LogP contribution in [0.1, 0.15) is 42.6 Å². The first-order valence-corrected chi connectivity index (χ1v) is 9.30. The second kappa shape index (κ2) is 6.42. The van der Waals surface area contributed by atoms with Crippen molar-refractivity contribution in [2.24, 2.45) is 5.92 Å². The molecule has 2 fully saturated rings. The van der Waals surface area contributed by atoms with Crippen LogP contribution in [0, 0.1) is 11.7 Å². The number of halogens is 1. The van der Waals surface area contributed by atoms with Crippen LogP contribution in [0.25, 0.3) is 0 Å². The van der Waals surface area contributed by atoms with Crippen molar-refractivity contribution in [2.45, 2.75) is 38.2 Å². The maximum Gasteiger partial charge on any atom is 0.253 e. The van der Waals surface area contributed by atoms with Crippen molar-refractivity contribution in [2.75, 3.05) is 13.1 Å². The molecule has 3 nitrogen and oxygen atoms in total. The van der Waals surface area contributed by atoms with Crippen LogP contribution in [0.5, 0.6) is 5.75 Å². The number of hydrogen-bond acceptors (Lipinski definition) is 2. The van der Waals surface area contributed by atoms with Gasteiger partial charge >= 0.3 is 0 Å². The lowest BCUT2D eigenvalue weighted by Gasteiger charge is -2.32. The summed E-state index contributed by atoms with van der Waals surface area (Å²) in [5, 5.41) is 0. The van der Waals surface area contributed by atoms with Crippen LogP contribution in [0.3, 0.4) is 0 Å². The number of piperidine rings is 1. The zero-order valence-electron chi connectivity index (χ0n) is 15.2. The molecule has 0 radical (unpaired) electrons. The van der Waals surface area contributed by atoms with Gasteiger partial charge < -0.3 is 9.64 Å². The van der Waals surface area contributed by atoms with Crippen molar-refractivity contribution in [1.82, 2.24) is 4.90 Å². The number of fused-ring (bicyclic) bond motifs is 1. The lowest BCUT2D eigenvalue weighted by Crippen LogP contribution is -2.40. The van der Waals surface area contributed by atoms with Crippen LogP contribution in [0.4, 0.5) is 4.39 Å². The topological polar surface area (TPSA) is 29.5 Å². The van der Waals surface area contributed by atoms with Gasteiger partial charge in [-0.1, -0.05) is 30.3 Å². The standard InChI is InChI=1S/C22H24FNO2/c1-15(2)26-20-9-8-16(12-19(20)23)21(25)24-11-10-22(13-18(22)14-24)17-6-4-3-5-7-17/h3-9,12,15,18H,10-11,13-14H2,1-2H3. The lowest BCUT2D eigenvalue weighted by molar-refractivity contribution is 0.0706. The normalized spacial score (nSPS) is 24.3. The number of carbonyl (C=O) groups is 1. The highest BCUT2D eigenvalue weighted by Crippen LogP contribution is 2.59. The summed E-state index contributed by atoms with van der Waals surface area (Å²) in [5.74, 6) is 0.136. The monoisotopic (exact) mass is 353 g/mol. The van der Waals surface area contributed by atoms with Crippen molar-refractivity contribution in [3.63, 3.8) is 0 Å². The zero-order valence-corrected chi connectivity index (χ0v) is 15.2. The average molecular weight is 353 g/mol. The Morgan fingerprint density at radius 3 is 2.65 bits per heavy atom. The molecule has 1 aliphatic heterocycles. The van der Waals surface area contributed by atoms with Crippen molar-refractivity contribution in [3.8, 4) is 5.75 Å². The van der Waals surface area contributed by atoms with E-state index in [0.717, 1.165) is 25.9 Å². The zero-order chi connectivity index (χ0) is 18.3. The van der Waals surface area contributed by atoms with Gasteiger partial charge in [0.1, 0.15) is 0 Å². The molecule has 1 saturated heterocycles. The molecular weight excluding hydrogens is 329 g/mol. The Morgan fingerprint density at radius 1 is 1.23 bits per heavy atom. The Kier molecular flexibility index (Phi) is 4.22. The van der Waals surface area contributed by atoms with Crippen LogP contribution in [-0.4, -0.2) is 30.0 Å². The Hall–Kier alpha value is -2.36. The van der Waals surface area contributed by atoms with E-state index < -0.39 is 5.82 Å². The summed E-state index contributed by atoms with van der Waals surface area (Å²) in [4.78, 5) is 14.7. The second-order valence-electron chi connectivity index (χ2n) is 7.74. The largest absolute Gasteiger partial charge is 0.488 e. The van der Waals surface area contributed by atoms with Crippen LogP contribution < -0.4 is 4.74 Å². The van der Waals surface area contributed by atoms with Crippen molar-refractivity contribution < 1.29 is 13.9 Å². The molecule has 0 N–H and O–H groups in total. The van der Waals surface area contributed by atoms with Crippen LogP contribution in [0.15, 0.2) is 48.5 Å². The molecule has 2 aromatic rings. The highest BCUT2D eigenvalue weighted by molar-refractivity contribution is 5.94. The fraction of sp³-hybridized carbons (Fsp3) is 0.409. The van der Waals surface area contributed by atoms with Gasteiger partial charge in [0.2, 0.25) is 0 Å². The molecule has 1 aliphatic carbocycles. The number of carbonyl (C=O) groups excluding carboxylic acids is 1. The van der Waals surface area contributed by atoms with Gasteiger partial charge in [0.25, 0.3) is 5.91 Å². The second-order valence-corrected chi connectivity index (χ2v) is 7.74. The van der Waals surface area contributed by atoms with E-state index in [2.05, 4.69) is 24.3 Å². The van der Waals surface area contributed by atoms with Gasteiger partial charge in [0.15, 0.2) is 11.6 Å². The highest BCUT2D eigenvalue weighted by Gasteiger charge is 2.57. The third-order valence-corrected chi connectivity index (χ3v) is 5.68. The fourth-order valence-corrected chi connectivity index (χ4v) is 4.24. The first-order valence-electron chi connectivity index (χ1n) is 9.30. The van der Waals surface area contributed by atoms with Gasteiger partial charge in [0.05, 0.1) is 6.10 Å².